The summed E-state index contributed by atoms with van der Waals surface area (Å²) in [4.78, 5) is 34.2. The summed E-state index contributed by atoms with van der Waals surface area (Å²) in [5.41, 5.74) is 1.71. The molecule has 132 valence electrons. The van der Waals surface area contributed by atoms with Gasteiger partial charge in [-0.25, -0.2) is 4.98 Å². The molecule has 0 bridgehead atoms. The second-order valence-electron chi connectivity index (χ2n) is 6.69. The Balaban J connectivity index is 1.48. The lowest BCUT2D eigenvalue weighted by Gasteiger charge is -2.25. The first-order chi connectivity index (χ1) is 12.7. The third kappa shape index (κ3) is 3.25. The Morgan fingerprint density at radius 2 is 1.88 bits per heavy atom. The zero-order valence-electron chi connectivity index (χ0n) is 14.5. The summed E-state index contributed by atoms with van der Waals surface area (Å²) in [5.74, 6) is 0.685. The number of para-hydroxylation sites is 1. The van der Waals surface area contributed by atoms with Gasteiger partial charge in [-0.15, -0.1) is 0 Å². The van der Waals surface area contributed by atoms with Crippen molar-refractivity contribution in [2.75, 3.05) is 6.54 Å². The van der Waals surface area contributed by atoms with E-state index < -0.39 is 0 Å². The number of aromatic amines is 1. The number of rotatable bonds is 4. The predicted octanol–water partition coefficient (Wildman–Crippen LogP) is 3.22. The van der Waals surface area contributed by atoms with Crippen LogP contribution in [0.4, 0.5) is 0 Å². The summed E-state index contributed by atoms with van der Waals surface area (Å²) in [6.07, 6.45) is 2.82. The van der Waals surface area contributed by atoms with E-state index in [2.05, 4.69) is 22.1 Å². The van der Waals surface area contributed by atoms with E-state index in [0.717, 1.165) is 19.4 Å². The summed E-state index contributed by atoms with van der Waals surface area (Å²) in [6.45, 7) is 0.792. The van der Waals surface area contributed by atoms with Gasteiger partial charge in [0.15, 0.2) is 0 Å². The zero-order valence-corrected chi connectivity index (χ0v) is 14.5. The van der Waals surface area contributed by atoms with Gasteiger partial charge in [-0.2, -0.15) is 0 Å². The molecule has 0 radical (unpaired) electrons. The highest BCUT2D eigenvalue weighted by Crippen LogP contribution is 2.32. The number of aryl methyl sites for hydroxylation is 1. The Morgan fingerprint density at radius 1 is 1.12 bits per heavy atom. The first kappa shape index (κ1) is 16.5. The Labute approximate surface area is 151 Å². The van der Waals surface area contributed by atoms with Crippen molar-refractivity contribution in [1.29, 1.82) is 0 Å². The molecule has 1 fully saturated rings. The van der Waals surface area contributed by atoms with Gasteiger partial charge >= 0.3 is 0 Å². The molecule has 1 N–H and O–H groups in total. The third-order valence-electron chi connectivity index (χ3n) is 5.00. The van der Waals surface area contributed by atoms with E-state index in [9.17, 15) is 9.59 Å². The Kier molecular flexibility index (Phi) is 4.52. The standard InChI is InChI=1S/C21H21N3O2/c25-20(24-14-6-11-18(24)15-7-2-1-3-8-15)13-12-19-22-17-10-5-4-9-16(17)21(26)23-19/h1-5,7-10,18H,6,11-14H2,(H,22,23,26)/t18-/m1/s1. The van der Waals surface area contributed by atoms with Gasteiger partial charge in [0.05, 0.1) is 16.9 Å². The summed E-state index contributed by atoms with van der Waals surface area (Å²) < 4.78 is 0. The van der Waals surface area contributed by atoms with Crippen LogP contribution >= 0.6 is 0 Å². The highest BCUT2D eigenvalue weighted by molar-refractivity contribution is 5.78. The van der Waals surface area contributed by atoms with Gasteiger partial charge in [0.25, 0.3) is 5.56 Å². The molecule has 2 aromatic carbocycles. The normalized spacial score (nSPS) is 16.9. The van der Waals surface area contributed by atoms with E-state index in [4.69, 9.17) is 0 Å². The van der Waals surface area contributed by atoms with Crippen LogP contribution < -0.4 is 5.56 Å². The molecule has 1 aliphatic heterocycles. The van der Waals surface area contributed by atoms with E-state index in [1.54, 1.807) is 6.07 Å². The first-order valence-corrected chi connectivity index (χ1v) is 9.05. The monoisotopic (exact) mass is 347 g/mol. The van der Waals surface area contributed by atoms with Gasteiger partial charge in [0.1, 0.15) is 5.82 Å². The van der Waals surface area contributed by atoms with E-state index in [0.29, 0.717) is 29.6 Å². The molecule has 5 heteroatoms. The van der Waals surface area contributed by atoms with Gasteiger partial charge in [0, 0.05) is 19.4 Å². The molecule has 1 aromatic heterocycles. The van der Waals surface area contributed by atoms with Crippen LogP contribution in [0.25, 0.3) is 10.9 Å². The number of fused-ring (bicyclic) bond motifs is 1. The fourth-order valence-corrected chi connectivity index (χ4v) is 3.71. The summed E-state index contributed by atoms with van der Waals surface area (Å²) in [7, 11) is 0. The number of hydrogen-bond acceptors (Lipinski definition) is 3. The van der Waals surface area contributed by atoms with Crippen molar-refractivity contribution in [3.8, 4) is 0 Å². The van der Waals surface area contributed by atoms with Crippen LogP contribution in [0.5, 0.6) is 0 Å². The van der Waals surface area contributed by atoms with Crippen molar-refractivity contribution >= 4 is 16.8 Å². The van der Waals surface area contributed by atoms with Crippen molar-refractivity contribution in [3.05, 3.63) is 76.3 Å². The number of nitrogens with one attached hydrogen (secondary N) is 1. The number of aromatic nitrogens is 2. The van der Waals surface area contributed by atoms with E-state index in [-0.39, 0.29) is 17.5 Å². The van der Waals surface area contributed by atoms with Crippen molar-refractivity contribution in [3.63, 3.8) is 0 Å². The number of carbonyl (C=O) groups is 1. The molecule has 5 nitrogen and oxygen atoms in total. The maximum absolute atomic E-state index is 12.8. The molecule has 4 rings (SSSR count). The minimum atomic E-state index is -0.151. The molecule has 2 heterocycles. The van der Waals surface area contributed by atoms with Crippen LogP contribution in [-0.4, -0.2) is 27.3 Å². The first-order valence-electron chi connectivity index (χ1n) is 9.05. The molecule has 1 atom stereocenters. The smallest absolute Gasteiger partial charge is 0.258 e. The average molecular weight is 347 g/mol. The third-order valence-corrected chi connectivity index (χ3v) is 5.00. The molecule has 0 unspecified atom stereocenters. The molecule has 0 aliphatic carbocycles. The van der Waals surface area contributed by atoms with Crippen LogP contribution in [0.1, 0.15) is 36.7 Å². The molecule has 1 amide bonds. The van der Waals surface area contributed by atoms with E-state index in [1.807, 2.05) is 41.3 Å². The Morgan fingerprint density at radius 3 is 2.73 bits per heavy atom. The van der Waals surface area contributed by atoms with Crippen LogP contribution in [0.3, 0.4) is 0 Å². The molecular weight excluding hydrogens is 326 g/mol. The molecule has 3 aromatic rings. The number of nitrogens with zero attached hydrogens (tertiary/aromatic N) is 2. The maximum Gasteiger partial charge on any atom is 0.258 e. The minimum absolute atomic E-state index is 0.118. The number of likely N-dealkylation sites (tertiary alicyclic amines) is 1. The lowest BCUT2D eigenvalue weighted by molar-refractivity contribution is -0.132. The summed E-state index contributed by atoms with van der Waals surface area (Å²) in [5, 5.41) is 0.575. The molecule has 26 heavy (non-hydrogen) atoms. The number of amides is 1. The Hall–Kier alpha value is -2.95. The maximum atomic E-state index is 12.8. The van der Waals surface area contributed by atoms with Crippen molar-refractivity contribution in [2.24, 2.45) is 0 Å². The van der Waals surface area contributed by atoms with Gasteiger partial charge in [-0.3, -0.25) is 9.59 Å². The number of H-pyrrole nitrogens is 1. The molecule has 0 saturated carbocycles. The highest BCUT2D eigenvalue weighted by atomic mass is 16.2. The fraction of sp³-hybridized carbons (Fsp3) is 0.286. The van der Waals surface area contributed by atoms with E-state index in [1.165, 1.54) is 5.56 Å². The minimum Gasteiger partial charge on any atom is -0.336 e. The van der Waals surface area contributed by atoms with Crippen LogP contribution in [0.2, 0.25) is 0 Å². The Bertz CT molecular complexity index is 981. The average Bonchev–Trinajstić information content (AvgIpc) is 3.17. The lowest BCUT2D eigenvalue weighted by atomic mass is 10.0. The molecular formula is C21H21N3O2. The second-order valence-corrected chi connectivity index (χ2v) is 6.69. The van der Waals surface area contributed by atoms with Crippen LogP contribution in [0, 0.1) is 0 Å². The summed E-state index contributed by atoms with van der Waals surface area (Å²) >= 11 is 0. The van der Waals surface area contributed by atoms with Crippen molar-refractivity contribution in [2.45, 2.75) is 31.7 Å². The molecule has 1 saturated heterocycles. The topological polar surface area (TPSA) is 66.1 Å². The SMILES string of the molecule is O=C(CCc1nc2ccccc2c(=O)[nH]1)N1CCC[C@@H]1c1ccccc1. The molecule has 0 spiro atoms. The van der Waals surface area contributed by atoms with Crippen LogP contribution in [0.15, 0.2) is 59.4 Å². The van der Waals surface area contributed by atoms with Gasteiger partial charge in [-0.05, 0) is 30.5 Å². The van der Waals surface area contributed by atoms with Crippen LogP contribution in [-0.2, 0) is 11.2 Å². The predicted molar refractivity (Wildman–Crippen MR) is 101 cm³/mol. The number of carbonyl (C=O) groups excluding carboxylic acids is 1. The summed E-state index contributed by atoms with van der Waals surface area (Å²) in [6, 6.07) is 17.6. The van der Waals surface area contributed by atoms with Gasteiger partial charge in [-0.1, -0.05) is 42.5 Å². The van der Waals surface area contributed by atoms with E-state index >= 15 is 0 Å². The largest absolute Gasteiger partial charge is 0.336 e. The quantitative estimate of drug-likeness (QED) is 0.788. The second kappa shape index (κ2) is 7.12. The number of hydrogen-bond donors (Lipinski definition) is 1. The highest BCUT2D eigenvalue weighted by Gasteiger charge is 2.29. The van der Waals surface area contributed by atoms with Crippen molar-refractivity contribution < 1.29 is 4.79 Å². The number of benzene rings is 2. The molecule has 1 aliphatic rings. The lowest BCUT2D eigenvalue weighted by Crippen LogP contribution is -2.31. The van der Waals surface area contributed by atoms with Crippen molar-refractivity contribution in [1.82, 2.24) is 14.9 Å². The van der Waals surface area contributed by atoms with Gasteiger partial charge < -0.3 is 9.88 Å². The fourth-order valence-electron chi connectivity index (χ4n) is 3.71. The zero-order chi connectivity index (χ0) is 17.9. The van der Waals surface area contributed by atoms with Gasteiger partial charge in [0.2, 0.25) is 5.91 Å².